The Labute approximate surface area is 206 Å². The van der Waals surface area contributed by atoms with E-state index < -0.39 is 23.0 Å². The van der Waals surface area contributed by atoms with Gasteiger partial charge in [0.25, 0.3) is 0 Å². The first-order valence-corrected chi connectivity index (χ1v) is 12.4. The molecule has 1 heterocycles. The summed E-state index contributed by atoms with van der Waals surface area (Å²) in [5.74, 6) is -1.20. The molecule has 0 aromatic heterocycles. The molecular formula is C28H34N2O5. The zero-order chi connectivity index (χ0) is 25.2. The van der Waals surface area contributed by atoms with Crippen molar-refractivity contribution in [1.82, 2.24) is 10.2 Å². The predicted molar refractivity (Wildman–Crippen MR) is 133 cm³/mol. The van der Waals surface area contributed by atoms with E-state index in [2.05, 4.69) is 29.6 Å². The Morgan fingerprint density at radius 1 is 1.09 bits per heavy atom. The van der Waals surface area contributed by atoms with Gasteiger partial charge in [0, 0.05) is 19.0 Å². The number of likely N-dealkylation sites (tertiary alicyclic amines) is 1. The van der Waals surface area contributed by atoms with Crippen LogP contribution < -0.4 is 5.32 Å². The summed E-state index contributed by atoms with van der Waals surface area (Å²) in [4.78, 5) is 39.8. The van der Waals surface area contributed by atoms with E-state index in [0.29, 0.717) is 25.8 Å². The van der Waals surface area contributed by atoms with E-state index in [9.17, 15) is 19.5 Å². The standard InChI is InChI=1S/C28H34N2O5/c1-4-14-28(25(32)33)15-16-30(18-28)24(31)27(3,5-2)29-26(34)35-17-23-21-12-8-6-10-19(21)20-11-7-9-13-22(20)23/h6-13,23H,4-5,14-18H2,1-3H3,(H,29,34)(H,32,33). The maximum Gasteiger partial charge on any atom is 0.408 e. The van der Waals surface area contributed by atoms with Crippen LogP contribution in [0.5, 0.6) is 0 Å². The summed E-state index contributed by atoms with van der Waals surface area (Å²) in [6.07, 6.45) is 1.39. The summed E-state index contributed by atoms with van der Waals surface area (Å²) in [5.41, 5.74) is 2.44. The summed E-state index contributed by atoms with van der Waals surface area (Å²) in [5, 5.41) is 12.6. The third-order valence-corrected chi connectivity index (χ3v) is 7.72. The molecule has 0 spiro atoms. The zero-order valence-electron chi connectivity index (χ0n) is 20.7. The third-order valence-electron chi connectivity index (χ3n) is 7.72. The van der Waals surface area contributed by atoms with Gasteiger partial charge >= 0.3 is 12.1 Å². The number of carboxylic acid groups (broad SMARTS) is 1. The molecule has 2 aromatic rings. The summed E-state index contributed by atoms with van der Waals surface area (Å²) >= 11 is 0. The van der Waals surface area contributed by atoms with E-state index in [4.69, 9.17) is 4.74 Å². The molecule has 35 heavy (non-hydrogen) atoms. The second-order valence-electron chi connectivity index (χ2n) is 9.95. The number of alkyl carbamates (subject to hydrolysis) is 1. The first-order chi connectivity index (χ1) is 16.7. The maximum atomic E-state index is 13.4. The van der Waals surface area contributed by atoms with Crippen molar-refractivity contribution in [1.29, 1.82) is 0 Å². The van der Waals surface area contributed by atoms with Crippen LogP contribution in [0.2, 0.25) is 0 Å². The molecule has 2 aromatic carbocycles. The van der Waals surface area contributed by atoms with Crippen molar-refractivity contribution in [3.63, 3.8) is 0 Å². The van der Waals surface area contributed by atoms with E-state index in [1.165, 1.54) is 0 Å². The molecule has 4 rings (SSSR count). The molecule has 7 heteroatoms. The predicted octanol–water partition coefficient (Wildman–Crippen LogP) is 4.80. The minimum atomic E-state index is -1.18. The van der Waals surface area contributed by atoms with Crippen molar-refractivity contribution in [2.45, 2.75) is 57.9 Å². The monoisotopic (exact) mass is 478 g/mol. The highest BCUT2D eigenvalue weighted by Crippen LogP contribution is 2.44. The molecule has 186 valence electrons. The van der Waals surface area contributed by atoms with Gasteiger partial charge in [0.05, 0.1) is 5.41 Å². The SMILES string of the molecule is CCCC1(C(=O)O)CCN(C(=O)C(C)(CC)NC(=O)OCC2c3ccccc3-c3ccccc32)C1. The Balaban J connectivity index is 1.43. The molecule has 0 bridgehead atoms. The lowest BCUT2D eigenvalue weighted by molar-refractivity contribution is -0.149. The second kappa shape index (κ2) is 9.72. The number of carbonyl (C=O) groups excluding carboxylic acids is 2. The van der Waals surface area contributed by atoms with E-state index in [1.54, 1.807) is 11.8 Å². The molecular weight excluding hydrogens is 444 g/mol. The van der Waals surface area contributed by atoms with Gasteiger partial charge in [-0.25, -0.2) is 4.79 Å². The van der Waals surface area contributed by atoms with Gasteiger partial charge in [0.15, 0.2) is 0 Å². The number of ether oxygens (including phenoxy) is 1. The molecule has 1 saturated heterocycles. The van der Waals surface area contributed by atoms with Crippen LogP contribution in [-0.4, -0.2) is 53.2 Å². The van der Waals surface area contributed by atoms with Crippen LogP contribution in [0.25, 0.3) is 11.1 Å². The minimum absolute atomic E-state index is 0.0689. The molecule has 2 amide bonds. The number of benzene rings is 2. The van der Waals surface area contributed by atoms with E-state index in [0.717, 1.165) is 28.7 Å². The lowest BCUT2D eigenvalue weighted by atomic mass is 9.82. The second-order valence-corrected chi connectivity index (χ2v) is 9.95. The van der Waals surface area contributed by atoms with Gasteiger partial charge in [0.2, 0.25) is 5.91 Å². The molecule has 2 N–H and O–H groups in total. The number of hydrogen-bond donors (Lipinski definition) is 2. The van der Waals surface area contributed by atoms with Crippen molar-refractivity contribution in [3.05, 3.63) is 59.7 Å². The summed E-state index contributed by atoms with van der Waals surface area (Å²) in [6, 6.07) is 16.2. The normalized spacial score (nSPS) is 20.6. The maximum absolute atomic E-state index is 13.4. The first kappa shape index (κ1) is 24.8. The molecule has 2 atom stereocenters. The van der Waals surface area contributed by atoms with Crippen molar-refractivity contribution in [3.8, 4) is 11.1 Å². The van der Waals surface area contributed by atoms with Crippen LogP contribution in [-0.2, 0) is 14.3 Å². The molecule has 0 radical (unpaired) electrons. The van der Waals surface area contributed by atoms with Gasteiger partial charge in [-0.3, -0.25) is 9.59 Å². The molecule has 0 saturated carbocycles. The number of hydrogen-bond acceptors (Lipinski definition) is 4. The highest BCUT2D eigenvalue weighted by Gasteiger charge is 2.48. The number of rotatable bonds is 8. The van der Waals surface area contributed by atoms with E-state index >= 15 is 0 Å². The zero-order valence-corrected chi connectivity index (χ0v) is 20.7. The van der Waals surface area contributed by atoms with Crippen molar-refractivity contribution in [2.75, 3.05) is 19.7 Å². The van der Waals surface area contributed by atoms with Gasteiger partial charge in [-0.05, 0) is 48.4 Å². The fourth-order valence-corrected chi connectivity index (χ4v) is 5.51. The Kier molecular flexibility index (Phi) is 6.88. The quantitative estimate of drug-likeness (QED) is 0.568. The average Bonchev–Trinajstić information content (AvgIpc) is 3.43. The highest BCUT2D eigenvalue weighted by molar-refractivity contribution is 5.90. The highest BCUT2D eigenvalue weighted by atomic mass is 16.5. The van der Waals surface area contributed by atoms with Gasteiger partial charge in [0.1, 0.15) is 12.1 Å². The van der Waals surface area contributed by atoms with Crippen LogP contribution in [0.1, 0.15) is 63.5 Å². The topological polar surface area (TPSA) is 95.9 Å². The summed E-state index contributed by atoms with van der Waals surface area (Å²) < 4.78 is 5.65. The van der Waals surface area contributed by atoms with Crippen LogP contribution >= 0.6 is 0 Å². The summed E-state index contributed by atoms with van der Waals surface area (Å²) in [6.45, 7) is 6.15. The van der Waals surface area contributed by atoms with Crippen molar-refractivity contribution < 1.29 is 24.2 Å². The number of nitrogens with zero attached hydrogens (tertiary/aromatic N) is 1. The fourth-order valence-electron chi connectivity index (χ4n) is 5.51. The molecule has 2 unspecified atom stereocenters. The van der Waals surface area contributed by atoms with Gasteiger partial charge < -0.3 is 20.1 Å². The first-order valence-electron chi connectivity index (χ1n) is 12.4. The Hall–Kier alpha value is -3.35. The molecule has 1 aliphatic carbocycles. The smallest absolute Gasteiger partial charge is 0.408 e. The van der Waals surface area contributed by atoms with Gasteiger partial charge in [-0.15, -0.1) is 0 Å². The van der Waals surface area contributed by atoms with Crippen LogP contribution in [0.4, 0.5) is 4.79 Å². The van der Waals surface area contributed by atoms with Crippen LogP contribution in [0.3, 0.4) is 0 Å². The largest absolute Gasteiger partial charge is 0.481 e. The lowest BCUT2D eigenvalue weighted by Gasteiger charge is -2.33. The van der Waals surface area contributed by atoms with Crippen LogP contribution in [0, 0.1) is 5.41 Å². The van der Waals surface area contributed by atoms with Crippen molar-refractivity contribution >= 4 is 18.0 Å². The summed E-state index contributed by atoms with van der Waals surface area (Å²) in [7, 11) is 0. The minimum Gasteiger partial charge on any atom is -0.481 e. The Morgan fingerprint density at radius 3 is 2.23 bits per heavy atom. The van der Waals surface area contributed by atoms with E-state index in [-0.39, 0.29) is 25.0 Å². The molecule has 7 nitrogen and oxygen atoms in total. The number of nitrogens with one attached hydrogen (secondary N) is 1. The van der Waals surface area contributed by atoms with Gasteiger partial charge in [-0.1, -0.05) is 68.8 Å². The fraction of sp³-hybridized carbons (Fsp3) is 0.464. The number of fused-ring (bicyclic) bond motifs is 3. The Bertz CT molecular complexity index is 1090. The molecule has 2 aliphatic rings. The molecule has 1 fully saturated rings. The number of amides is 2. The van der Waals surface area contributed by atoms with Crippen molar-refractivity contribution in [2.24, 2.45) is 5.41 Å². The third kappa shape index (κ3) is 4.51. The molecule has 1 aliphatic heterocycles. The number of aliphatic carboxylic acids is 1. The average molecular weight is 479 g/mol. The number of carboxylic acids is 1. The van der Waals surface area contributed by atoms with Crippen LogP contribution in [0.15, 0.2) is 48.5 Å². The number of carbonyl (C=O) groups is 3. The Morgan fingerprint density at radius 2 is 1.69 bits per heavy atom. The lowest BCUT2D eigenvalue weighted by Crippen LogP contribution is -2.57. The van der Waals surface area contributed by atoms with Gasteiger partial charge in [-0.2, -0.15) is 0 Å². The van der Waals surface area contributed by atoms with E-state index in [1.807, 2.05) is 38.1 Å².